The molecule has 0 radical (unpaired) electrons. The predicted molar refractivity (Wildman–Crippen MR) is 113 cm³/mol. The highest BCUT2D eigenvalue weighted by Crippen LogP contribution is 2.40. The van der Waals surface area contributed by atoms with Gasteiger partial charge in [-0.2, -0.15) is 0 Å². The van der Waals surface area contributed by atoms with Gasteiger partial charge in [-0.1, -0.05) is 50.2 Å². The number of hydrogen-bond donors (Lipinski definition) is 0. The Balaban J connectivity index is 1.92. The van der Waals surface area contributed by atoms with Crippen LogP contribution in [0, 0.1) is 12.7 Å². The monoisotopic (exact) mass is 369 g/mol. The van der Waals surface area contributed by atoms with E-state index in [1.54, 1.807) is 0 Å². The molecule has 3 aromatic carbocycles. The second-order valence-electron chi connectivity index (χ2n) is 7.67. The number of halogens is 1. The van der Waals surface area contributed by atoms with Crippen LogP contribution < -0.4 is 0 Å². The van der Waals surface area contributed by atoms with Gasteiger partial charge in [-0.25, -0.2) is 4.39 Å². The van der Waals surface area contributed by atoms with Gasteiger partial charge in [0.25, 0.3) is 0 Å². The maximum absolute atomic E-state index is 14.8. The first-order chi connectivity index (χ1) is 13.5. The van der Waals surface area contributed by atoms with Crippen LogP contribution in [0.4, 0.5) is 4.39 Å². The van der Waals surface area contributed by atoms with E-state index in [0.717, 1.165) is 49.7 Å². The van der Waals surface area contributed by atoms with Crippen LogP contribution in [0.1, 0.15) is 30.9 Å². The minimum atomic E-state index is -0.281. The largest absolute Gasteiger partial charge is 0.455 e. The Bertz CT molecular complexity index is 1360. The standard InChI is InChI=1S/C25H20FNO/c1-14(2)16-8-6-9-18-23(16)21(26)13-27-24(18)20-12-15(3)11-19-17-7-4-5-10-22(17)28-25(19)20/h4-14H,1-3H3. The van der Waals surface area contributed by atoms with Crippen LogP contribution in [0.15, 0.2) is 65.2 Å². The van der Waals surface area contributed by atoms with E-state index in [1.807, 2.05) is 36.4 Å². The molecular formula is C25H20FNO. The van der Waals surface area contributed by atoms with Crippen molar-refractivity contribution in [2.75, 3.05) is 0 Å². The van der Waals surface area contributed by atoms with E-state index in [1.165, 1.54) is 6.20 Å². The van der Waals surface area contributed by atoms with Crippen molar-refractivity contribution in [2.24, 2.45) is 0 Å². The molecule has 0 saturated heterocycles. The maximum atomic E-state index is 14.8. The molecule has 2 aromatic heterocycles. The summed E-state index contributed by atoms with van der Waals surface area (Å²) in [6, 6.07) is 18.2. The summed E-state index contributed by atoms with van der Waals surface area (Å²) in [5, 5.41) is 3.61. The molecule has 0 bridgehead atoms. The van der Waals surface area contributed by atoms with Crippen LogP contribution >= 0.6 is 0 Å². The van der Waals surface area contributed by atoms with Crippen LogP contribution in [0.2, 0.25) is 0 Å². The minimum absolute atomic E-state index is 0.220. The Kier molecular flexibility index (Phi) is 3.73. The molecule has 0 spiro atoms. The molecule has 0 atom stereocenters. The fourth-order valence-corrected chi connectivity index (χ4v) is 4.13. The zero-order chi connectivity index (χ0) is 19.4. The molecule has 0 aliphatic heterocycles. The van der Waals surface area contributed by atoms with Gasteiger partial charge in [0.15, 0.2) is 0 Å². The van der Waals surface area contributed by atoms with Crippen molar-refractivity contribution in [1.29, 1.82) is 0 Å². The smallest absolute Gasteiger partial charge is 0.149 e. The van der Waals surface area contributed by atoms with Gasteiger partial charge in [0.2, 0.25) is 0 Å². The number of para-hydroxylation sites is 1. The van der Waals surface area contributed by atoms with E-state index >= 15 is 0 Å². The van der Waals surface area contributed by atoms with Crippen molar-refractivity contribution < 1.29 is 8.81 Å². The van der Waals surface area contributed by atoms with Gasteiger partial charge in [-0.05, 0) is 42.2 Å². The summed E-state index contributed by atoms with van der Waals surface area (Å²) < 4.78 is 21.0. The van der Waals surface area contributed by atoms with Crippen LogP contribution in [0.5, 0.6) is 0 Å². The normalized spacial score (nSPS) is 11.9. The molecular weight excluding hydrogens is 349 g/mol. The highest BCUT2D eigenvalue weighted by atomic mass is 19.1. The van der Waals surface area contributed by atoms with Crippen molar-refractivity contribution in [2.45, 2.75) is 26.7 Å². The van der Waals surface area contributed by atoms with Crippen molar-refractivity contribution in [3.8, 4) is 11.3 Å². The van der Waals surface area contributed by atoms with Gasteiger partial charge in [0.1, 0.15) is 17.0 Å². The Hall–Kier alpha value is -3.20. The minimum Gasteiger partial charge on any atom is -0.455 e. The molecule has 3 heteroatoms. The molecule has 138 valence electrons. The van der Waals surface area contributed by atoms with Crippen LogP contribution in [0.25, 0.3) is 44.0 Å². The topological polar surface area (TPSA) is 26.0 Å². The fourth-order valence-electron chi connectivity index (χ4n) is 4.13. The molecule has 0 aliphatic rings. The number of rotatable bonds is 2. The molecule has 5 aromatic rings. The molecule has 0 aliphatic carbocycles. The first kappa shape index (κ1) is 16.9. The van der Waals surface area contributed by atoms with Gasteiger partial charge in [-0.15, -0.1) is 0 Å². The second-order valence-corrected chi connectivity index (χ2v) is 7.67. The maximum Gasteiger partial charge on any atom is 0.149 e. The molecule has 2 heterocycles. The number of hydrogen-bond acceptors (Lipinski definition) is 2. The summed E-state index contributed by atoms with van der Waals surface area (Å²) in [4.78, 5) is 4.50. The number of aryl methyl sites for hydroxylation is 1. The zero-order valence-electron chi connectivity index (χ0n) is 16.1. The lowest BCUT2D eigenvalue weighted by molar-refractivity contribution is 0.632. The van der Waals surface area contributed by atoms with E-state index in [9.17, 15) is 4.39 Å². The predicted octanol–water partition coefficient (Wildman–Crippen LogP) is 7.37. The number of aromatic nitrogens is 1. The Morgan fingerprint density at radius 2 is 1.71 bits per heavy atom. The first-order valence-corrected chi connectivity index (χ1v) is 9.54. The van der Waals surface area contributed by atoms with E-state index in [4.69, 9.17) is 4.42 Å². The van der Waals surface area contributed by atoms with Crippen LogP contribution in [-0.2, 0) is 0 Å². The quantitative estimate of drug-likeness (QED) is 0.324. The van der Waals surface area contributed by atoms with E-state index in [-0.39, 0.29) is 11.7 Å². The highest BCUT2D eigenvalue weighted by Gasteiger charge is 2.19. The van der Waals surface area contributed by atoms with Crippen LogP contribution in [-0.4, -0.2) is 4.98 Å². The number of benzene rings is 3. The molecule has 0 N–H and O–H groups in total. The molecule has 0 unspecified atom stereocenters. The van der Waals surface area contributed by atoms with E-state index in [2.05, 4.69) is 44.0 Å². The number of nitrogens with zero attached hydrogens (tertiary/aromatic N) is 1. The summed E-state index contributed by atoms with van der Waals surface area (Å²) in [6.07, 6.45) is 1.33. The third-order valence-corrected chi connectivity index (χ3v) is 5.40. The number of furan rings is 1. The summed E-state index contributed by atoms with van der Waals surface area (Å²) in [7, 11) is 0. The lowest BCUT2D eigenvalue weighted by atomic mass is 9.93. The van der Waals surface area contributed by atoms with Crippen molar-refractivity contribution in [3.05, 3.63) is 77.7 Å². The fraction of sp³-hybridized carbons (Fsp3) is 0.160. The van der Waals surface area contributed by atoms with Crippen molar-refractivity contribution in [3.63, 3.8) is 0 Å². The first-order valence-electron chi connectivity index (χ1n) is 9.54. The van der Waals surface area contributed by atoms with Crippen molar-refractivity contribution in [1.82, 2.24) is 4.98 Å². The third kappa shape index (κ3) is 2.43. The van der Waals surface area contributed by atoms with Gasteiger partial charge < -0.3 is 4.42 Å². The molecule has 0 fully saturated rings. The number of fused-ring (bicyclic) bond motifs is 4. The molecule has 5 rings (SSSR count). The lowest BCUT2D eigenvalue weighted by Crippen LogP contribution is -1.96. The lowest BCUT2D eigenvalue weighted by Gasteiger charge is -2.14. The average molecular weight is 369 g/mol. The summed E-state index contributed by atoms with van der Waals surface area (Å²) in [5.74, 6) is -0.0614. The summed E-state index contributed by atoms with van der Waals surface area (Å²) >= 11 is 0. The Labute approximate surface area is 162 Å². The molecule has 28 heavy (non-hydrogen) atoms. The van der Waals surface area contributed by atoms with Crippen molar-refractivity contribution >= 4 is 32.7 Å². The third-order valence-electron chi connectivity index (χ3n) is 5.40. The van der Waals surface area contributed by atoms with Gasteiger partial charge in [0, 0.05) is 27.1 Å². The van der Waals surface area contributed by atoms with Gasteiger partial charge in [-0.3, -0.25) is 4.98 Å². The van der Waals surface area contributed by atoms with Gasteiger partial charge in [0.05, 0.1) is 11.9 Å². The summed E-state index contributed by atoms with van der Waals surface area (Å²) in [5.41, 5.74) is 5.41. The summed E-state index contributed by atoms with van der Waals surface area (Å²) in [6.45, 7) is 6.23. The Morgan fingerprint density at radius 3 is 2.54 bits per heavy atom. The molecule has 0 saturated carbocycles. The van der Waals surface area contributed by atoms with Crippen LogP contribution in [0.3, 0.4) is 0 Å². The molecule has 0 amide bonds. The zero-order valence-corrected chi connectivity index (χ0v) is 16.1. The van der Waals surface area contributed by atoms with E-state index < -0.39 is 0 Å². The molecule has 2 nitrogen and oxygen atoms in total. The Morgan fingerprint density at radius 1 is 0.929 bits per heavy atom. The van der Waals surface area contributed by atoms with Gasteiger partial charge >= 0.3 is 0 Å². The SMILES string of the molecule is Cc1cc(-c2ncc(F)c3c(C(C)C)cccc23)c2oc3ccccc3c2c1. The second kappa shape index (κ2) is 6.16. The average Bonchev–Trinajstić information content (AvgIpc) is 3.06. The number of pyridine rings is 1. The highest BCUT2D eigenvalue weighted by molar-refractivity contribution is 6.12. The van der Waals surface area contributed by atoms with E-state index in [0.29, 0.717) is 5.39 Å².